The number of hydrogen-bond donors (Lipinski definition) is 3. The number of ether oxygens (including phenoxy) is 8. The minimum atomic E-state index is -2.50. The minimum absolute atomic E-state index is 0.0430. The zero-order chi connectivity index (χ0) is 46.5. The Morgan fingerprint density at radius 2 is 1.63 bits per heavy atom. The second kappa shape index (κ2) is 20.1. The van der Waals surface area contributed by atoms with Crippen molar-refractivity contribution in [3.05, 3.63) is 59.8 Å². The molecule has 17 nitrogen and oxygen atoms in total. The summed E-state index contributed by atoms with van der Waals surface area (Å²) in [6.07, 6.45) is 1.62. The molecule has 0 saturated carbocycles. The second-order valence-corrected chi connectivity index (χ2v) is 18.1. The first-order chi connectivity index (χ1) is 29.5. The van der Waals surface area contributed by atoms with Crippen LogP contribution in [0.3, 0.4) is 0 Å². The molecule has 0 aromatic carbocycles. The Balaban J connectivity index is 1.62. The first-order valence-electron chi connectivity index (χ1n) is 21.4. The maximum absolute atomic E-state index is 13.4. The van der Waals surface area contributed by atoms with Crippen LogP contribution < -0.4 is 0 Å². The van der Waals surface area contributed by atoms with E-state index in [0.29, 0.717) is 5.57 Å². The quantitative estimate of drug-likeness (QED) is 0.103. The summed E-state index contributed by atoms with van der Waals surface area (Å²) in [4.78, 5) is 77.7. The van der Waals surface area contributed by atoms with Crippen LogP contribution in [0.4, 0.5) is 0 Å². The van der Waals surface area contributed by atoms with E-state index in [4.69, 9.17) is 37.9 Å². The van der Waals surface area contributed by atoms with Crippen LogP contribution >= 0.6 is 0 Å². The predicted octanol–water partition coefficient (Wildman–Crippen LogP) is 3.85. The number of esters is 5. The number of carbonyl (C=O) groups is 6. The standard InChI is InChI=1S/C46H62O17/c1-9-10-11-12-13-14-37(50)61-42-33-23-40(53)60-41(33)35-24-34(26(2)47)59-39(52)21-29(49)20-31-22-36(57-27(3)48)44(6,7)45(54,62-31)25-32-18-28(19-38(51)56-8)17-30(58-32)15-16-43(4,5)46(42,55)63-35/h11-16,19,23,29-32,34-36,41-42,49,54-55H,9-10,17-18,20-22,24-25H2,1-8H3/b12-11+,14-13+,16-15+,28-19+/t29-,30+,31-,32+,34-,35-,36+,41+,42+,45+,46-/m1/s1. The molecule has 0 spiro atoms. The van der Waals surface area contributed by atoms with Crippen molar-refractivity contribution in [2.75, 3.05) is 7.11 Å². The fourth-order valence-electron chi connectivity index (χ4n) is 8.72. The van der Waals surface area contributed by atoms with Gasteiger partial charge < -0.3 is 53.2 Å². The van der Waals surface area contributed by atoms with E-state index < -0.39 is 126 Å². The maximum atomic E-state index is 13.4. The van der Waals surface area contributed by atoms with Crippen molar-refractivity contribution < 1.29 is 82.0 Å². The monoisotopic (exact) mass is 886 g/mol. The average Bonchev–Trinajstić information content (AvgIpc) is 3.58. The molecule has 6 bridgehead atoms. The van der Waals surface area contributed by atoms with Gasteiger partial charge in [0, 0.05) is 61.8 Å². The number of aliphatic hydroxyl groups is 3. The highest BCUT2D eigenvalue weighted by atomic mass is 16.7. The van der Waals surface area contributed by atoms with Crippen molar-refractivity contribution in [2.24, 2.45) is 10.8 Å². The van der Waals surface area contributed by atoms with Gasteiger partial charge in [-0.2, -0.15) is 0 Å². The molecule has 0 aliphatic carbocycles. The summed E-state index contributed by atoms with van der Waals surface area (Å²) >= 11 is 0. The highest BCUT2D eigenvalue weighted by Crippen LogP contribution is 2.51. The molecule has 17 heteroatoms. The van der Waals surface area contributed by atoms with Crippen molar-refractivity contribution in [3.8, 4) is 0 Å². The van der Waals surface area contributed by atoms with Gasteiger partial charge in [-0.3, -0.25) is 14.4 Å². The fourth-order valence-corrected chi connectivity index (χ4v) is 8.72. The summed E-state index contributed by atoms with van der Waals surface area (Å²) in [6, 6.07) is 0. The molecule has 5 aliphatic heterocycles. The first kappa shape index (κ1) is 49.5. The fraction of sp³-hybridized carbons (Fsp3) is 0.652. The third-order valence-electron chi connectivity index (χ3n) is 12.4. The lowest BCUT2D eigenvalue weighted by Gasteiger charge is -2.53. The number of methoxy groups -OCH3 is 1. The van der Waals surface area contributed by atoms with Crippen LogP contribution in [0, 0.1) is 10.8 Å². The average molecular weight is 887 g/mol. The number of cyclic esters (lactones) is 1. The molecule has 3 N–H and O–H groups in total. The number of rotatable bonds is 8. The Bertz CT molecular complexity index is 1910. The molecular formula is C46H62O17. The van der Waals surface area contributed by atoms with Gasteiger partial charge in [0.2, 0.25) is 5.79 Å². The SMILES string of the molecule is CCC/C=C/C=C/C(=O)O[C@H]1C2=CC(=O)O[C@@H]2[C@H]2C[C@H](C(C)=O)OC(=O)C[C@H](O)C[C@@H]3C[C@H](OC(C)=O)C(C)(C)[C@](O)(C[C@@H]4C/C(=C/C(=O)OC)C[C@H](/C=C/C(C)(C)[C@]1(O)O2)O4)O3. The highest BCUT2D eigenvalue weighted by molar-refractivity contribution is 5.88. The number of aliphatic hydroxyl groups excluding tert-OH is 1. The molecule has 0 radical (unpaired) electrons. The Kier molecular flexibility index (Phi) is 15.8. The minimum Gasteiger partial charge on any atom is -0.466 e. The van der Waals surface area contributed by atoms with Crippen molar-refractivity contribution in [2.45, 2.75) is 173 Å². The van der Waals surface area contributed by atoms with E-state index in [1.165, 1.54) is 33.1 Å². The third-order valence-corrected chi connectivity index (χ3v) is 12.4. The Labute approximate surface area is 367 Å². The Hall–Kier alpha value is -4.52. The topological polar surface area (TPSA) is 237 Å². The molecule has 11 atom stereocenters. The largest absolute Gasteiger partial charge is 0.466 e. The number of hydrogen-bond acceptors (Lipinski definition) is 17. The van der Waals surface area contributed by atoms with Gasteiger partial charge in [-0.15, -0.1) is 0 Å². The van der Waals surface area contributed by atoms with Crippen LogP contribution in [0.15, 0.2) is 59.8 Å². The number of fused-ring (bicyclic) bond motifs is 8. The number of allylic oxidation sites excluding steroid dienone is 3. The van der Waals surface area contributed by atoms with Crippen molar-refractivity contribution in [1.29, 1.82) is 0 Å². The van der Waals surface area contributed by atoms with Crippen LogP contribution in [0.2, 0.25) is 0 Å². The van der Waals surface area contributed by atoms with Gasteiger partial charge in [0.05, 0.1) is 43.4 Å². The Morgan fingerprint density at radius 1 is 0.905 bits per heavy atom. The van der Waals surface area contributed by atoms with Gasteiger partial charge in [-0.25, -0.2) is 14.4 Å². The van der Waals surface area contributed by atoms with Gasteiger partial charge in [-0.05, 0) is 26.2 Å². The molecule has 5 rings (SSSR count). The number of Topliss-reactive ketones (excluding diaryl/α,β-unsaturated/α-hetero) is 1. The first-order valence-corrected chi connectivity index (χ1v) is 21.4. The van der Waals surface area contributed by atoms with E-state index in [0.717, 1.165) is 25.0 Å². The second-order valence-electron chi connectivity index (χ2n) is 18.1. The molecule has 0 unspecified atom stereocenters. The van der Waals surface area contributed by atoms with Crippen LogP contribution in [0.25, 0.3) is 0 Å². The third kappa shape index (κ3) is 11.6. The summed E-state index contributed by atoms with van der Waals surface area (Å²) < 4.78 is 47.1. The van der Waals surface area contributed by atoms with Crippen LogP contribution in [-0.4, -0.2) is 125 Å². The molecule has 5 aliphatic rings. The van der Waals surface area contributed by atoms with Gasteiger partial charge in [0.1, 0.15) is 12.2 Å². The van der Waals surface area contributed by atoms with Crippen molar-refractivity contribution in [3.63, 3.8) is 0 Å². The van der Waals surface area contributed by atoms with Gasteiger partial charge in [0.15, 0.2) is 29.9 Å². The van der Waals surface area contributed by atoms with Gasteiger partial charge in [0.25, 0.3) is 0 Å². The molecule has 63 heavy (non-hydrogen) atoms. The maximum Gasteiger partial charge on any atom is 0.331 e. The lowest BCUT2D eigenvalue weighted by atomic mass is 9.70. The van der Waals surface area contributed by atoms with E-state index in [9.17, 15) is 44.1 Å². The van der Waals surface area contributed by atoms with E-state index in [-0.39, 0.29) is 37.7 Å². The number of carbonyl (C=O) groups excluding carboxylic acids is 6. The van der Waals surface area contributed by atoms with Crippen molar-refractivity contribution >= 4 is 35.6 Å². The molecule has 3 saturated heterocycles. The lowest BCUT2D eigenvalue weighted by molar-refractivity contribution is -0.348. The summed E-state index contributed by atoms with van der Waals surface area (Å²) in [5, 5.41) is 36.5. The van der Waals surface area contributed by atoms with Crippen LogP contribution in [0.1, 0.15) is 106 Å². The lowest BCUT2D eigenvalue weighted by Crippen LogP contribution is -2.65. The molecule has 3 fully saturated rings. The van der Waals surface area contributed by atoms with Crippen LogP contribution in [0.5, 0.6) is 0 Å². The predicted molar refractivity (Wildman–Crippen MR) is 221 cm³/mol. The van der Waals surface area contributed by atoms with E-state index in [2.05, 4.69) is 0 Å². The zero-order valence-corrected chi connectivity index (χ0v) is 37.2. The zero-order valence-electron chi connectivity index (χ0n) is 37.2. The number of ketones is 1. The van der Waals surface area contributed by atoms with E-state index in [1.807, 2.05) is 13.0 Å². The molecule has 5 heterocycles. The molecule has 0 aromatic rings. The molecular weight excluding hydrogens is 824 g/mol. The summed E-state index contributed by atoms with van der Waals surface area (Å²) in [5.74, 6) is -9.11. The Morgan fingerprint density at radius 3 is 2.30 bits per heavy atom. The summed E-state index contributed by atoms with van der Waals surface area (Å²) in [5.41, 5.74) is -2.16. The molecule has 0 aromatic heterocycles. The van der Waals surface area contributed by atoms with E-state index >= 15 is 0 Å². The van der Waals surface area contributed by atoms with E-state index in [1.54, 1.807) is 45.9 Å². The smallest absolute Gasteiger partial charge is 0.331 e. The highest BCUT2D eigenvalue weighted by Gasteiger charge is 2.63. The normalized spacial score (nSPS) is 36.9. The molecule has 0 amide bonds. The van der Waals surface area contributed by atoms with Crippen LogP contribution in [-0.2, 0) is 66.7 Å². The number of unbranched alkanes of at least 4 members (excludes halogenated alkanes) is 1. The van der Waals surface area contributed by atoms with Gasteiger partial charge in [-0.1, -0.05) is 77.0 Å². The molecule has 348 valence electrons. The van der Waals surface area contributed by atoms with Crippen molar-refractivity contribution in [1.82, 2.24) is 0 Å². The summed E-state index contributed by atoms with van der Waals surface area (Å²) in [7, 11) is 1.24. The van der Waals surface area contributed by atoms with Gasteiger partial charge >= 0.3 is 29.8 Å². The summed E-state index contributed by atoms with van der Waals surface area (Å²) in [6.45, 7) is 10.9.